The number of hydrogen-bond donors (Lipinski definition) is 2. The molecule has 0 saturated heterocycles. The van der Waals surface area contributed by atoms with E-state index in [4.69, 9.17) is 16.2 Å². The highest BCUT2D eigenvalue weighted by Gasteiger charge is 2.53. The van der Waals surface area contributed by atoms with Gasteiger partial charge < -0.3 is 16.2 Å². The van der Waals surface area contributed by atoms with E-state index in [0.717, 1.165) is 6.42 Å². The van der Waals surface area contributed by atoms with Gasteiger partial charge in [-0.3, -0.25) is 4.79 Å². The number of nitrogen functional groups attached to an aromatic ring is 1. The van der Waals surface area contributed by atoms with Crippen LogP contribution in [0.1, 0.15) is 42.5 Å². The van der Waals surface area contributed by atoms with Crippen LogP contribution in [0.15, 0.2) is 12.3 Å². The first-order valence-electron chi connectivity index (χ1n) is 6.33. The molecule has 5 heteroatoms. The Bertz CT molecular complexity index is 497. The van der Waals surface area contributed by atoms with Gasteiger partial charge in [0.1, 0.15) is 6.10 Å². The van der Waals surface area contributed by atoms with Crippen molar-refractivity contribution in [1.82, 2.24) is 4.98 Å². The van der Waals surface area contributed by atoms with Crippen LogP contribution in [0.5, 0.6) is 5.75 Å². The van der Waals surface area contributed by atoms with Crippen molar-refractivity contribution in [1.29, 1.82) is 0 Å². The predicted octanol–water partition coefficient (Wildman–Crippen LogP) is 1.47. The number of aromatic nitrogens is 1. The second kappa shape index (κ2) is 3.86. The molecule has 0 radical (unpaired) electrons. The first kappa shape index (κ1) is 11.3. The highest BCUT2D eigenvalue weighted by atomic mass is 16.5. The number of amides is 1. The minimum Gasteiger partial charge on any atom is -0.486 e. The molecule has 5 nitrogen and oxygen atoms in total. The highest BCUT2D eigenvalue weighted by molar-refractivity contribution is 5.93. The van der Waals surface area contributed by atoms with E-state index in [9.17, 15) is 4.79 Å². The summed E-state index contributed by atoms with van der Waals surface area (Å²) in [5.74, 6) is 0.298. The molecular weight excluding hydrogens is 230 g/mol. The molecule has 1 aromatic rings. The van der Waals surface area contributed by atoms with Crippen LogP contribution in [0, 0.1) is 5.41 Å². The summed E-state index contributed by atoms with van der Waals surface area (Å²) in [6.45, 7) is 0. The van der Waals surface area contributed by atoms with E-state index in [0.29, 0.717) is 22.5 Å². The van der Waals surface area contributed by atoms with Gasteiger partial charge in [0, 0.05) is 11.6 Å². The van der Waals surface area contributed by atoms with E-state index in [1.54, 1.807) is 6.07 Å². The first-order valence-corrected chi connectivity index (χ1v) is 6.33. The van der Waals surface area contributed by atoms with Gasteiger partial charge in [-0.25, -0.2) is 4.98 Å². The zero-order valence-corrected chi connectivity index (χ0v) is 10.2. The van der Waals surface area contributed by atoms with Crippen molar-refractivity contribution >= 4 is 11.7 Å². The lowest BCUT2D eigenvalue weighted by molar-refractivity contribution is 0.0998. The number of nitrogens with zero attached hydrogens (tertiary/aromatic N) is 1. The molecule has 1 unspecified atom stereocenters. The third-order valence-corrected chi connectivity index (χ3v) is 4.15. The quantitative estimate of drug-likeness (QED) is 0.846. The third-order valence-electron chi connectivity index (χ3n) is 4.15. The van der Waals surface area contributed by atoms with E-state index in [2.05, 4.69) is 4.98 Å². The van der Waals surface area contributed by atoms with Crippen molar-refractivity contribution in [3.63, 3.8) is 0 Å². The Kier molecular flexibility index (Phi) is 2.43. The van der Waals surface area contributed by atoms with E-state index in [-0.39, 0.29) is 6.10 Å². The Balaban J connectivity index is 1.83. The van der Waals surface area contributed by atoms with Crippen molar-refractivity contribution in [2.24, 2.45) is 11.1 Å². The van der Waals surface area contributed by atoms with Gasteiger partial charge in [-0.1, -0.05) is 0 Å². The summed E-state index contributed by atoms with van der Waals surface area (Å²) in [4.78, 5) is 15.1. The average Bonchev–Trinajstić information content (AvgIpc) is 3.00. The summed E-state index contributed by atoms with van der Waals surface area (Å²) in [7, 11) is 0. The van der Waals surface area contributed by atoms with Crippen molar-refractivity contribution in [2.45, 2.75) is 38.2 Å². The van der Waals surface area contributed by atoms with Crippen molar-refractivity contribution in [3.8, 4) is 5.75 Å². The Labute approximate surface area is 106 Å². The summed E-state index contributed by atoms with van der Waals surface area (Å²) in [5, 5.41) is 0. The number of pyridine rings is 1. The molecule has 1 spiro atoms. The van der Waals surface area contributed by atoms with Crippen LogP contribution in [0.3, 0.4) is 0 Å². The van der Waals surface area contributed by atoms with E-state index in [1.165, 1.54) is 31.9 Å². The Morgan fingerprint density at radius 1 is 1.44 bits per heavy atom. The Morgan fingerprint density at radius 2 is 2.22 bits per heavy atom. The maximum absolute atomic E-state index is 11.1. The van der Waals surface area contributed by atoms with Gasteiger partial charge in [0.25, 0.3) is 0 Å². The second-order valence-corrected chi connectivity index (χ2v) is 5.33. The smallest absolute Gasteiger partial charge is 0.250 e. The molecule has 2 saturated carbocycles. The summed E-state index contributed by atoms with van der Waals surface area (Å²) in [6.07, 6.45) is 7.56. The molecule has 1 atom stereocenters. The number of carbonyl (C=O) groups excluding carboxylic acids is 1. The zero-order chi connectivity index (χ0) is 12.8. The lowest BCUT2D eigenvalue weighted by Crippen LogP contribution is -2.23. The van der Waals surface area contributed by atoms with Gasteiger partial charge in [0.15, 0.2) is 11.6 Å². The molecule has 2 fully saturated rings. The summed E-state index contributed by atoms with van der Waals surface area (Å²) in [5.41, 5.74) is 11.7. The van der Waals surface area contributed by atoms with Crippen LogP contribution in [0.4, 0.5) is 5.82 Å². The minimum absolute atomic E-state index is 0.213. The fourth-order valence-electron chi connectivity index (χ4n) is 2.86. The number of rotatable bonds is 3. The molecule has 2 aliphatic rings. The van der Waals surface area contributed by atoms with Crippen LogP contribution < -0.4 is 16.2 Å². The highest BCUT2D eigenvalue weighted by Crippen LogP contribution is 2.58. The van der Waals surface area contributed by atoms with Crippen LogP contribution in [-0.4, -0.2) is 17.0 Å². The zero-order valence-electron chi connectivity index (χ0n) is 10.2. The topological polar surface area (TPSA) is 91.2 Å². The number of anilines is 1. The van der Waals surface area contributed by atoms with Crippen molar-refractivity contribution in [3.05, 3.63) is 17.8 Å². The van der Waals surface area contributed by atoms with Crippen LogP contribution in [0.2, 0.25) is 0 Å². The van der Waals surface area contributed by atoms with Gasteiger partial charge in [-0.2, -0.15) is 0 Å². The summed E-state index contributed by atoms with van der Waals surface area (Å²) >= 11 is 0. The first-order chi connectivity index (χ1) is 8.61. The number of hydrogen-bond acceptors (Lipinski definition) is 4. The molecule has 4 N–H and O–H groups in total. The van der Waals surface area contributed by atoms with Gasteiger partial charge in [-0.05, 0) is 38.2 Å². The second-order valence-electron chi connectivity index (χ2n) is 5.33. The molecule has 96 valence electrons. The van der Waals surface area contributed by atoms with E-state index >= 15 is 0 Å². The van der Waals surface area contributed by atoms with E-state index < -0.39 is 5.91 Å². The van der Waals surface area contributed by atoms with Crippen LogP contribution in [-0.2, 0) is 0 Å². The number of primary amides is 1. The molecule has 1 amide bonds. The lowest BCUT2D eigenvalue weighted by atomic mass is 10.0. The average molecular weight is 247 g/mol. The molecule has 0 aromatic carbocycles. The maximum Gasteiger partial charge on any atom is 0.250 e. The normalized spacial score (nSPS) is 24.1. The molecule has 18 heavy (non-hydrogen) atoms. The minimum atomic E-state index is -0.514. The van der Waals surface area contributed by atoms with Gasteiger partial charge in [0.05, 0.1) is 5.56 Å². The molecule has 1 heterocycles. The summed E-state index contributed by atoms with van der Waals surface area (Å²) < 4.78 is 5.98. The van der Waals surface area contributed by atoms with Gasteiger partial charge in [0.2, 0.25) is 5.91 Å². The van der Waals surface area contributed by atoms with Crippen molar-refractivity contribution in [2.75, 3.05) is 5.73 Å². The monoisotopic (exact) mass is 247 g/mol. The van der Waals surface area contributed by atoms with Crippen LogP contribution in [0.25, 0.3) is 0 Å². The van der Waals surface area contributed by atoms with Crippen molar-refractivity contribution < 1.29 is 9.53 Å². The van der Waals surface area contributed by atoms with Gasteiger partial charge in [-0.15, -0.1) is 0 Å². The third kappa shape index (κ3) is 1.79. The SMILES string of the molecule is NC(=O)c1cnc(N)c(OC2CCCC23CC3)c1. The predicted molar refractivity (Wildman–Crippen MR) is 67.1 cm³/mol. The lowest BCUT2D eigenvalue weighted by Gasteiger charge is -2.21. The Hall–Kier alpha value is -1.78. The fourth-order valence-corrected chi connectivity index (χ4v) is 2.86. The fraction of sp³-hybridized carbons (Fsp3) is 0.538. The molecule has 0 bridgehead atoms. The number of ether oxygens (including phenoxy) is 1. The standard InChI is InChI=1S/C13H17N3O2/c14-11-9(6-8(7-16-11)12(15)17)18-10-2-1-3-13(10)4-5-13/h6-7,10H,1-5H2,(H2,14,16)(H2,15,17). The molecule has 0 aliphatic heterocycles. The molecule has 1 aromatic heterocycles. The van der Waals surface area contributed by atoms with E-state index in [1.807, 2.05) is 0 Å². The summed E-state index contributed by atoms with van der Waals surface area (Å²) in [6, 6.07) is 1.60. The number of nitrogens with two attached hydrogens (primary N) is 2. The largest absolute Gasteiger partial charge is 0.486 e. The number of carbonyl (C=O) groups is 1. The maximum atomic E-state index is 11.1. The molecule has 3 rings (SSSR count). The van der Waals surface area contributed by atoms with Crippen LogP contribution >= 0.6 is 0 Å². The molecule has 2 aliphatic carbocycles. The molecular formula is C13H17N3O2. The Morgan fingerprint density at radius 3 is 2.89 bits per heavy atom. The van der Waals surface area contributed by atoms with Gasteiger partial charge >= 0.3 is 0 Å².